The van der Waals surface area contributed by atoms with Crippen molar-refractivity contribution in [2.45, 2.75) is 25.4 Å². The highest BCUT2D eigenvalue weighted by atomic mass is 32.1. The summed E-state index contributed by atoms with van der Waals surface area (Å²) in [5.41, 5.74) is 4.12. The van der Waals surface area contributed by atoms with Crippen LogP contribution in [0.2, 0.25) is 0 Å². The summed E-state index contributed by atoms with van der Waals surface area (Å²) in [4.78, 5) is 30.0. The second kappa shape index (κ2) is 11.0. The molecule has 2 atom stereocenters. The number of rotatable bonds is 8. The van der Waals surface area contributed by atoms with E-state index in [0.717, 1.165) is 22.8 Å². The van der Waals surface area contributed by atoms with Gasteiger partial charge in [0.2, 0.25) is 5.91 Å². The molecule has 39 heavy (non-hydrogen) atoms. The molecule has 9 nitrogen and oxygen atoms in total. The quantitative estimate of drug-likeness (QED) is 0.264. The van der Waals surface area contributed by atoms with Crippen LogP contribution in [0.3, 0.4) is 0 Å². The Morgan fingerprint density at radius 1 is 1.08 bits per heavy atom. The smallest absolute Gasteiger partial charge is 0.335 e. The molecule has 0 spiro atoms. The van der Waals surface area contributed by atoms with E-state index >= 15 is 0 Å². The molecule has 0 bridgehead atoms. The van der Waals surface area contributed by atoms with Gasteiger partial charge in [-0.25, -0.2) is 4.79 Å². The lowest BCUT2D eigenvalue weighted by Gasteiger charge is -2.29. The summed E-state index contributed by atoms with van der Waals surface area (Å²) in [6.07, 6.45) is 4.03. The van der Waals surface area contributed by atoms with E-state index in [-0.39, 0.29) is 23.6 Å². The van der Waals surface area contributed by atoms with E-state index in [2.05, 4.69) is 15.6 Å². The topological polar surface area (TPSA) is 109 Å². The third kappa shape index (κ3) is 5.06. The number of thiocarbonyl (C=S) groups is 1. The summed E-state index contributed by atoms with van der Waals surface area (Å²) in [5, 5.41) is 16.2. The van der Waals surface area contributed by atoms with Crippen molar-refractivity contribution in [3.8, 4) is 11.4 Å². The van der Waals surface area contributed by atoms with Gasteiger partial charge in [0, 0.05) is 41.9 Å². The number of hydrogen-bond acceptors (Lipinski definition) is 5. The second-order valence-corrected chi connectivity index (χ2v) is 9.32. The maximum atomic E-state index is 12.0. The Morgan fingerprint density at radius 2 is 1.85 bits per heavy atom. The Bertz CT molecular complexity index is 1520. The second-order valence-electron chi connectivity index (χ2n) is 8.94. The van der Waals surface area contributed by atoms with Gasteiger partial charge in [-0.3, -0.25) is 9.78 Å². The molecular weight excluding hydrogens is 514 g/mol. The summed E-state index contributed by atoms with van der Waals surface area (Å²) < 4.78 is 7.63. The van der Waals surface area contributed by atoms with E-state index in [0.29, 0.717) is 23.0 Å². The van der Waals surface area contributed by atoms with Gasteiger partial charge in [-0.05, 0) is 72.9 Å². The fourth-order valence-corrected chi connectivity index (χ4v) is 5.09. The van der Waals surface area contributed by atoms with Crippen LogP contribution in [0.25, 0.3) is 5.69 Å². The number of amides is 1. The van der Waals surface area contributed by atoms with Crippen molar-refractivity contribution >= 4 is 40.6 Å². The summed E-state index contributed by atoms with van der Waals surface area (Å²) in [6.45, 7) is 1.79. The van der Waals surface area contributed by atoms with Gasteiger partial charge in [0.05, 0.1) is 30.1 Å². The molecule has 0 radical (unpaired) electrons. The molecule has 3 N–H and O–H groups in total. The van der Waals surface area contributed by atoms with E-state index in [4.69, 9.17) is 17.0 Å². The minimum atomic E-state index is -0.978. The lowest BCUT2D eigenvalue weighted by atomic mass is 10.0. The van der Waals surface area contributed by atoms with Crippen molar-refractivity contribution in [2.75, 3.05) is 17.3 Å². The number of carboxylic acids is 1. The number of anilines is 2. The van der Waals surface area contributed by atoms with Crippen LogP contribution < -0.4 is 20.3 Å². The molecule has 3 heterocycles. The lowest BCUT2D eigenvalue weighted by Crippen LogP contribution is -2.30. The summed E-state index contributed by atoms with van der Waals surface area (Å²) in [5.74, 6) is -0.579. The standard InChI is InChI=1S/C29H27N5O4S/c1-3-25(35)31-21-14-13-20(17-24(21)38-2)34-27(26(32-29(34)39)22-7-4-5-15-30-22)23-8-6-16-33(23)19-11-9-18(10-12-19)28(36)37/h4-17,26-27H,3H2,1-2H3,(H,31,35)(H,32,39)(H,36,37)/t26-,27+/m1/s1. The van der Waals surface area contributed by atoms with Gasteiger partial charge >= 0.3 is 5.97 Å². The highest BCUT2D eigenvalue weighted by Gasteiger charge is 2.42. The molecule has 10 heteroatoms. The van der Waals surface area contributed by atoms with Crippen molar-refractivity contribution in [2.24, 2.45) is 0 Å². The van der Waals surface area contributed by atoms with Gasteiger partial charge in [-0.2, -0.15) is 0 Å². The largest absolute Gasteiger partial charge is 0.494 e. The molecule has 1 aliphatic heterocycles. The van der Waals surface area contributed by atoms with E-state index in [1.807, 2.05) is 58.1 Å². The molecule has 1 saturated heterocycles. The molecule has 2 aromatic carbocycles. The normalized spacial score (nSPS) is 16.6. The molecule has 198 valence electrons. The average molecular weight is 542 g/mol. The number of nitrogens with one attached hydrogen (secondary N) is 2. The van der Waals surface area contributed by atoms with Crippen LogP contribution in [0.5, 0.6) is 5.75 Å². The molecular formula is C29H27N5O4S. The van der Waals surface area contributed by atoms with E-state index in [1.165, 1.54) is 0 Å². The van der Waals surface area contributed by atoms with Crippen LogP contribution >= 0.6 is 12.2 Å². The zero-order valence-electron chi connectivity index (χ0n) is 21.4. The Morgan fingerprint density at radius 3 is 2.51 bits per heavy atom. The molecule has 0 saturated carbocycles. The van der Waals surface area contributed by atoms with Crippen LogP contribution in [0.4, 0.5) is 11.4 Å². The lowest BCUT2D eigenvalue weighted by molar-refractivity contribution is -0.115. The van der Waals surface area contributed by atoms with Gasteiger partial charge in [0.25, 0.3) is 0 Å². The number of carbonyl (C=O) groups excluding carboxylic acids is 1. The van der Waals surface area contributed by atoms with Crippen molar-refractivity contribution in [1.29, 1.82) is 0 Å². The Kier molecular flexibility index (Phi) is 7.29. The molecule has 5 rings (SSSR count). The van der Waals surface area contributed by atoms with Gasteiger partial charge in [0.1, 0.15) is 11.8 Å². The third-order valence-corrected chi connectivity index (χ3v) is 6.95. The zero-order valence-corrected chi connectivity index (χ0v) is 22.2. The number of carboxylic acid groups (broad SMARTS) is 1. The van der Waals surface area contributed by atoms with Gasteiger partial charge in [-0.15, -0.1) is 0 Å². The van der Waals surface area contributed by atoms with Gasteiger partial charge < -0.3 is 29.9 Å². The van der Waals surface area contributed by atoms with Crippen molar-refractivity contribution in [1.82, 2.24) is 14.9 Å². The molecule has 4 aromatic rings. The Hall–Kier alpha value is -4.70. The number of aromatic nitrogens is 2. The number of carbonyl (C=O) groups is 2. The molecule has 1 aliphatic rings. The predicted molar refractivity (Wildman–Crippen MR) is 153 cm³/mol. The fraction of sp³-hybridized carbons (Fsp3) is 0.172. The molecule has 2 aromatic heterocycles. The van der Waals surface area contributed by atoms with Gasteiger partial charge in [-0.1, -0.05) is 13.0 Å². The predicted octanol–water partition coefficient (Wildman–Crippen LogP) is 5.10. The van der Waals surface area contributed by atoms with E-state index in [1.54, 1.807) is 50.6 Å². The first-order valence-electron chi connectivity index (χ1n) is 12.4. The molecule has 0 unspecified atom stereocenters. The Balaban J connectivity index is 1.61. The highest BCUT2D eigenvalue weighted by Crippen LogP contribution is 2.43. The first kappa shape index (κ1) is 25.9. The summed E-state index contributed by atoms with van der Waals surface area (Å²) in [7, 11) is 1.56. The van der Waals surface area contributed by atoms with E-state index in [9.17, 15) is 14.7 Å². The maximum Gasteiger partial charge on any atom is 0.335 e. The first-order valence-corrected chi connectivity index (χ1v) is 12.8. The summed E-state index contributed by atoms with van der Waals surface area (Å²) >= 11 is 5.86. The fourth-order valence-electron chi connectivity index (χ4n) is 4.74. The number of nitrogens with zero attached hydrogens (tertiary/aromatic N) is 3. The van der Waals surface area contributed by atoms with Crippen LogP contribution in [0.1, 0.15) is 47.2 Å². The highest BCUT2D eigenvalue weighted by molar-refractivity contribution is 7.80. The van der Waals surface area contributed by atoms with Crippen molar-refractivity contribution in [3.63, 3.8) is 0 Å². The number of ether oxygens (including phenoxy) is 1. The van der Waals surface area contributed by atoms with E-state index < -0.39 is 5.97 Å². The van der Waals surface area contributed by atoms with Crippen LogP contribution in [0, 0.1) is 0 Å². The van der Waals surface area contributed by atoms with Crippen LogP contribution in [0.15, 0.2) is 85.2 Å². The first-order chi connectivity index (χ1) is 18.9. The average Bonchev–Trinajstić information content (AvgIpc) is 3.58. The van der Waals surface area contributed by atoms with Crippen molar-refractivity contribution < 1.29 is 19.4 Å². The number of hydrogen-bond donors (Lipinski definition) is 3. The van der Waals surface area contributed by atoms with Gasteiger partial charge in [0.15, 0.2) is 5.11 Å². The van der Waals surface area contributed by atoms with Crippen LogP contribution in [-0.2, 0) is 4.79 Å². The SMILES string of the molecule is CCC(=O)Nc1ccc(N2C(=S)N[C@H](c3ccccn3)[C@@H]2c2cccn2-c2ccc(C(=O)O)cc2)cc1OC. The number of benzene rings is 2. The minimum Gasteiger partial charge on any atom is -0.494 e. The molecule has 0 aliphatic carbocycles. The van der Waals surface area contributed by atoms with Crippen LogP contribution in [-0.4, -0.2) is 38.8 Å². The monoisotopic (exact) mass is 541 g/mol. The maximum absolute atomic E-state index is 12.0. The summed E-state index contributed by atoms with van der Waals surface area (Å²) in [6, 6.07) is 21.4. The Labute approximate surface area is 231 Å². The number of aromatic carboxylic acids is 1. The molecule has 1 fully saturated rings. The number of pyridine rings is 1. The molecule has 1 amide bonds. The third-order valence-electron chi connectivity index (χ3n) is 6.63. The van der Waals surface area contributed by atoms with Crippen molar-refractivity contribution in [3.05, 3.63) is 102 Å². The number of methoxy groups -OCH3 is 1. The zero-order chi connectivity index (χ0) is 27.5. The minimum absolute atomic E-state index is 0.112.